The van der Waals surface area contributed by atoms with Crippen molar-refractivity contribution in [1.29, 1.82) is 0 Å². The van der Waals surface area contributed by atoms with Crippen molar-refractivity contribution < 1.29 is 8.83 Å². The Bertz CT molecular complexity index is 579. The Kier molecular flexibility index (Phi) is 4.44. The van der Waals surface area contributed by atoms with Gasteiger partial charge in [-0.25, -0.2) is 0 Å². The van der Waals surface area contributed by atoms with Gasteiger partial charge >= 0.3 is 0 Å². The Labute approximate surface area is 114 Å². The maximum absolute atomic E-state index is 5.57. The first-order valence-corrected chi connectivity index (χ1v) is 5.56. The summed E-state index contributed by atoms with van der Waals surface area (Å²) in [6.07, 6.45) is 5.83. The summed E-state index contributed by atoms with van der Waals surface area (Å²) in [5, 5.41) is 14.7. The van der Waals surface area contributed by atoms with Crippen LogP contribution in [0.2, 0.25) is 0 Å². The molecule has 0 unspecified atom stereocenters. The Hall–Kier alpha value is -3.16. The van der Waals surface area contributed by atoms with E-state index < -0.39 is 0 Å². The second kappa shape index (κ2) is 6.69. The quantitative estimate of drug-likeness (QED) is 0.487. The van der Waals surface area contributed by atoms with Crippen LogP contribution in [0, 0.1) is 0 Å². The van der Waals surface area contributed by atoms with Crippen molar-refractivity contribution in [3.8, 4) is 0 Å². The number of amidine groups is 2. The lowest BCUT2D eigenvalue weighted by molar-refractivity contribution is 0.560. The van der Waals surface area contributed by atoms with E-state index in [9.17, 15) is 0 Å². The molecule has 2 rings (SSSR count). The van der Waals surface area contributed by atoms with Crippen molar-refractivity contribution in [3.63, 3.8) is 0 Å². The maximum Gasteiger partial charge on any atom is 0.190 e. The molecule has 0 aromatic carbocycles. The number of nitrogens with zero attached hydrogens (tertiary/aromatic N) is 4. The number of nitrogens with two attached hydrogens (primary N) is 2. The van der Waals surface area contributed by atoms with Crippen LogP contribution in [-0.2, 0) is 0 Å². The molecular formula is C12H12N6O2. The van der Waals surface area contributed by atoms with Gasteiger partial charge in [0.15, 0.2) is 11.7 Å². The second-order valence-corrected chi connectivity index (χ2v) is 3.49. The first-order chi connectivity index (χ1) is 9.75. The Morgan fingerprint density at radius 1 is 0.850 bits per heavy atom. The van der Waals surface area contributed by atoms with E-state index in [1.807, 2.05) is 0 Å². The van der Waals surface area contributed by atoms with E-state index in [1.54, 1.807) is 24.3 Å². The molecule has 0 saturated heterocycles. The summed E-state index contributed by atoms with van der Waals surface area (Å²) < 4.78 is 10.1. The fourth-order valence-corrected chi connectivity index (χ4v) is 1.13. The molecule has 0 aliphatic heterocycles. The third-order valence-corrected chi connectivity index (χ3v) is 2.05. The molecule has 0 spiro atoms. The molecule has 0 bridgehead atoms. The predicted molar refractivity (Wildman–Crippen MR) is 75.8 cm³/mol. The zero-order valence-electron chi connectivity index (χ0n) is 10.4. The van der Waals surface area contributed by atoms with E-state index in [2.05, 4.69) is 20.4 Å². The van der Waals surface area contributed by atoms with E-state index in [0.717, 1.165) is 0 Å². The normalized spacial score (nSPS) is 13.6. The molecule has 0 saturated carbocycles. The van der Waals surface area contributed by atoms with Gasteiger partial charge < -0.3 is 20.3 Å². The topological polar surface area (TPSA) is 128 Å². The lowest BCUT2D eigenvalue weighted by Gasteiger charge is -1.93. The molecule has 0 atom stereocenters. The van der Waals surface area contributed by atoms with Gasteiger partial charge in [0.05, 0.1) is 25.0 Å². The highest BCUT2D eigenvalue weighted by Crippen LogP contribution is 1.96. The van der Waals surface area contributed by atoms with Crippen LogP contribution in [0.3, 0.4) is 0 Å². The second-order valence-electron chi connectivity index (χ2n) is 3.49. The van der Waals surface area contributed by atoms with Gasteiger partial charge in [-0.15, -0.1) is 10.2 Å². The van der Waals surface area contributed by atoms with E-state index >= 15 is 0 Å². The Morgan fingerprint density at radius 3 is 1.65 bits per heavy atom. The van der Waals surface area contributed by atoms with Crippen LogP contribution in [-0.4, -0.2) is 24.1 Å². The number of rotatable bonds is 4. The van der Waals surface area contributed by atoms with Crippen LogP contribution >= 0.6 is 0 Å². The minimum atomic E-state index is -0.0515. The van der Waals surface area contributed by atoms with Gasteiger partial charge in [0.2, 0.25) is 0 Å². The number of hydrogen-bond acceptors (Lipinski definition) is 6. The minimum Gasteiger partial charge on any atom is -0.463 e. The van der Waals surface area contributed by atoms with E-state index in [-0.39, 0.29) is 11.7 Å². The summed E-state index contributed by atoms with van der Waals surface area (Å²) >= 11 is 0. The average Bonchev–Trinajstić information content (AvgIpc) is 3.11. The van der Waals surface area contributed by atoms with Crippen LogP contribution in [0.25, 0.3) is 0 Å². The summed E-state index contributed by atoms with van der Waals surface area (Å²) in [7, 11) is 0. The summed E-state index contributed by atoms with van der Waals surface area (Å²) in [4.78, 5) is 0. The van der Waals surface area contributed by atoms with Crippen molar-refractivity contribution in [1.82, 2.24) is 0 Å². The van der Waals surface area contributed by atoms with E-state index in [1.165, 1.54) is 25.0 Å². The van der Waals surface area contributed by atoms with E-state index in [4.69, 9.17) is 20.3 Å². The van der Waals surface area contributed by atoms with Gasteiger partial charge in [0, 0.05) is 0 Å². The van der Waals surface area contributed by atoms with Crippen molar-refractivity contribution >= 4 is 24.1 Å². The van der Waals surface area contributed by atoms with Gasteiger partial charge in [0.1, 0.15) is 11.5 Å². The highest BCUT2D eigenvalue weighted by molar-refractivity contribution is 6.39. The molecule has 0 aliphatic rings. The molecule has 20 heavy (non-hydrogen) atoms. The fourth-order valence-electron chi connectivity index (χ4n) is 1.13. The van der Waals surface area contributed by atoms with Crippen molar-refractivity contribution in [2.75, 3.05) is 0 Å². The van der Waals surface area contributed by atoms with Crippen molar-refractivity contribution in [2.24, 2.45) is 31.9 Å². The molecule has 0 radical (unpaired) electrons. The minimum absolute atomic E-state index is 0.0515. The number of furan rings is 2. The molecular weight excluding hydrogens is 260 g/mol. The third kappa shape index (κ3) is 3.95. The highest BCUT2D eigenvalue weighted by Gasteiger charge is 1.97. The molecule has 2 heterocycles. The van der Waals surface area contributed by atoms with Crippen LogP contribution in [0.15, 0.2) is 66.0 Å². The largest absolute Gasteiger partial charge is 0.463 e. The molecule has 0 amide bonds. The van der Waals surface area contributed by atoms with Gasteiger partial charge in [0.25, 0.3) is 0 Å². The molecule has 4 N–H and O–H groups in total. The molecule has 8 heteroatoms. The Morgan fingerprint density at radius 2 is 1.30 bits per heavy atom. The zero-order valence-corrected chi connectivity index (χ0v) is 10.4. The molecule has 2 aromatic heterocycles. The first kappa shape index (κ1) is 13.3. The SMILES string of the molecule is NC(=N\N=Cc1ccco1)/C(N)=N/N=Cc1ccco1. The first-order valence-electron chi connectivity index (χ1n) is 5.56. The summed E-state index contributed by atoms with van der Waals surface area (Å²) in [5.74, 6) is 0.995. The Balaban J connectivity index is 1.95. The zero-order chi connectivity index (χ0) is 14.2. The fraction of sp³-hybridized carbons (Fsp3) is 0. The average molecular weight is 272 g/mol. The summed E-state index contributed by atoms with van der Waals surface area (Å²) in [5.41, 5.74) is 11.1. The molecule has 0 aliphatic carbocycles. The molecule has 102 valence electrons. The predicted octanol–water partition coefficient (Wildman–Crippen LogP) is 0.955. The van der Waals surface area contributed by atoms with Gasteiger partial charge in [-0.1, -0.05) is 0 Å². The molecule has 8 nitrogen and oxygen atoms in total. The van der Waals surface area contributed by atoms with Crippen molar-refractivity contribution in [2.45, 2.75) is 0 Å². The third-order valence-electron chi connectivity index (χ3n) is 2.05. The molecule has 0 fully saturated rings. The van der Waals surface area contributed by atoms with Gasteiger partial charge in [-0.05, 0) is 24.3 Å². The summed E-state index contributed by atoms with van der Waals surface area (Å²) in [6, 6.07) is 6.90. The standard InChI is InChI=1S/C12H12N6O2/c13-11(17-15-7-9-3-1-5-19-9)12(14)18-16-8-10-4-2-6-20-10/h1-8H,(H2,13,17)(H2,14,18). The van der Waals surface area contributed by atoms with Gasteiger partial charge in [-0.2, -0.15) is 10.2 Å². The smallest absolute Gasteiger partial charge is 0.190 e. The summed E-state index contributed by atoms with van der Waals surface area (Å²) in [6.45, 7) is 0. The number of hydrogen-bond donors (Lipinski definition) is 2. The molecule has 2 aromatic rings. The van der Waals surface area contributed by atoms with Crippen LogP contribution in [0.4, 0.5) is 0 Å². The van der Waals surface area contributed by atoms with Crippen LogP contribution < -0.4 is 11.5 Å². The van der Waals surface area contributed by atoms with Gasteiger partial charge in [-0.3, -0.25) is 0 Å². The van der Waals surface area contributed by atoms with E-state index in [0.29, 0.717) is 11.5 Å². The van der Waals surface area contributed by atoms with Crippen LogP contribution in [0.1, 0.15) is 11.5 Å². The monoisotopic (exact) mass is 272 g/mol. The van der Waals surface area contributed by atoms with Crippen LogP contribution in [0.5, 0.6) is 0 Å². The maximum atomic E-state index is 5.57. The lowest BCUT2D eigenvalue weighted by Crippen LogP contribution is -2.30. The van der Waals surface area contributed by atoms with Crippen molar-refractivity contribution in [3.05, 3.63) is 48.3 Å². The highest BCUT2D eigenvalue weighted by atomic mass is 16.3. The lowest BCUT2D eigenvalue weighted by atomic mass is 10.5.